The largest absolute Gasteiger partial charge is 0.612 e. The van der Waals surface area contributed by atoms with Gasteiger partial charge in [-0.25, -0.2) is 24.9 Å². The number of fused-ring (bicyclic) bond motifs is 1. The molecular weight excluding hydrogens is 533 g/mol. The van der Waals surface area contributed by atoms with Gasteiger partial charge in [0, 0.05) is 5.92 Å². The van der Waals surface area contributed by atoms with Crippen LogP contribution in [0, 0.1) is 13.8 Å². The van der Waals surface area contributed by atoms with Crippen LogP contribution in [0.3, 0.4) is 0 Å². The number of nitrogens with one attached hydrogen (secondary N) is 1. The van der Waals surface area contributed by atoms with E-state index in [1.165, 1.54) is 18.8 Å². The molecule has 1 saturated carbocycles. The van der Waals surface area contributed by atoms with Gasteiger partial charge in [-0.2, -0.15) is 13.2 Å². The van der Waals surface area contributed by atoms with Crippen LogP contribution in [0.25, 0.3) is 22.6 Å². The van der Waals surface area contributed by atoms with E-state index in [0.29, 0.717) is 32.1 Å². The summed E-state index contributed by atoms with van der Waals surface area (Å²) in [5, 5.41) is 2.81. The number of aromatic nitrogens is 7. The monoisotopic (exact) mass is 558 g/mol. The molecule has 0 saturated heterocycles. The third kappa shape index (κ3) is 5.30. The van der Waals surface area contributed by atoms with Gasteiger partial charge in [-0.15, -0.1) is 0 Å². The van der Waals surface area contributed by atoms with Crippen LogP contribution in [0.2, 0.25) is 0 Å². The lowest BCUT2D eigenvalue weighted by molar-refractivity contribution is -0.162. The minimum Gasteiger partial charge on any atom is -0.612 e. The molecule has 0 aliphatic heterocycles. The molecule has 1 unspecified atom stereocenters. The molecule has 0 spiro atoms. The van der Waals surface area contributed by atoms with Crippen LogP contribution in [0.15, 0.2) is 34.3 Å². The molecule has 4 heterocycles. The van der Waals surface area contributed by atoms with Crippen molar-refractivity contribution >= 4 is 28.2 Å². The van der Waals surface area contributed by atoms with E-state index >= 15 is 0 Å². The van der Waals surface area contributed by atoms with E-state index in [1.807, 2.05) is 0 Å². The van der Waals surface area contributed by atoms with E-state index in [9.17, 15) is 22.5 Å². The first-order chi connectivity index (χ1) is 18.5. The van der Waals surface area contributed by atoms with Gasteiger partial charge in [0.15, 0.2) is 22.2 Å². The van der Waals surface area contributed by atoms with Crippen molar-refractivity contribution in [3.8, 4) is 11.4 Å². The van der Waals surface area contributed by atoms with Gasteiger partial charge < -0.3 is 9.87 Å². The van der Waals surface area contributed by atoms with E-state index in [2.05, 4.69) is 35.2 Å². The summed E-state index contributed by atoms with van der Waals surface area (Å²) in [7, 11) is 0. The molecule has 10 nitrogen and oxygen atoms in total. The molecule has 1 fully saturated rings. The Balaban J connectivity index is 1.64. The minimum atomic E-state index is -4.73. The molecule has 4 aromatic heterocycles. The highest BCUT2D eigenvalue weighted by molar-refractivity contribution is 7.90. The first kappa shape index (κ1) is 26.9. The molecule has 1 N–H and O–H groups in total. The number of alkyl halides is 3. The van der Waals surface area contributed by atoms with Gasteiger partial charge in [0.1, 0.15) is 24.1 Å². The fourth-order valence-electron chi connectivity index (χ4n) is 4.25. The van der Waals surface area contributed by atoms with Gasteiger partial charge in [-0.1, -0.05) is 0 Å². The van der Waals surface area contributed by atoms with Gasteiger partial charge in [0.2, 0.25) is 0 Å². The van der Waals surface area contributed by atoms with E-state index in [0.717, 1.165) is 25.5 Å². The SMILES string of the molecule is Cc1ncnc(C2CC2)c1-c1nc(C)c2nc(NCc3ccc([S+](C)[O-])cn3)c(=O)n([C@@H](C)C(F)(F)F)c2n1. The van der Waals surface area contributed by atoms with Crippen LogP contribution >= 0.6 is 0 Å². The Morgan fingerprint density at radius 1 is 1.13 bits per heavy atom. The zero-order chi connectivity index (χ0) is 28.1. The van der Waals surface area contributed by atoms with Crippen molar-refractivity contribution in [1.82, 2.24) is 34.5 Å². The Morgan fingerprint density at radius 3 is 2.49 bits per heavy atom. The molecule has 0 aromatic carbocycles. The van der Waals surface area contributed by atoms with Crippen LogP contribution in [-0.4, -0.2) is 51.5 Å². The van der Waals surface area contributed by atoms with E-state index < -0.39 is 29.0 Å². The number of anilines is 1. The minimum absolute atomic E-state index is 0.00800. The molecule has 0 radical (unpaired) electrons. The predicted octanol–water partition coefficient (Wildman–Crippen LogP) is 4.01. The third-order valence-corrected chi connectivity index (χ3v) is 7.50. The predicted molar refractivity (Wildman–Crippen MR) is 139 cm³/mol. The molecule has 14 heteroatoms. The highest BCUT2D eigenvalue weighted by Crippen LogP contribution is 2.43. The average Bonchev–Trinajstić information content (AvgIpc) is 3.72. The van der Waals surface area contributed by atoms with Gasteiger partial charge in [-0.3, -0.25) is 14.3 Å². The average molecular weight is 559 g/mol. The number of pyridine rings is 1. The van der Waals surface area contributed by atoms with Crippen molar-refractivity contribution in [2.24, 2.45) is 0 Å². The lowest BCUT2D eigenvalue weighted by Gasteiger charge is -2.22. The summed E-state index contributed by atoms with van der Waals surface area (Å²) < 4.78 is 54.2. The van der Waals surface area contributed by atoms with Crippen molar-refractivity contribution in [3.05, 3.63) is 57.8 Å². The number of aryl methyl sites for hydroxylation is 2. The molecule has 5 rings (SSSR count). The van der Waals surface area contributed by atoms with Crippen LogP contribution in [0.4, 0.5) is 19.0 Å². The lowest BCUT2D eigenvalue weighted by Crippen LogP contribution is -2.35. The summed E-state index contributed by atoms with van der Waals surface area (Å²) in [5.41, 5.74) is 1.55. The Kier molecular flexibility index (Phi) is 7.01. The number of hydrogen-bond donors (Lipinski definition) is 1. The third-order valence-electron chi connectivity index (χ3n) is 6.59. The molecule has 204 valence electrons. The molecule has 2 atom stereocenters. The number of halogens is 3. The number of rotatable bonds is 7. The smallest absolute Gasteiger partial charge is 0.409 e. The summed E-state index contributed by atoms with van der Waals surface area (Å²) in [6.07, 6.45) is 1.56. The second kappa shape index (κ2) is 10.2. The van der Waals surface area contributed by atoms with Crippen molar-refractivity contribution in [2.75, 3.05) is 11.6 Å². The maximum atomic E-state index is 14.0. The Bertz CT molecular complexity index is 1600. The molecule has 39 heavy (non-hydrogen) atoms. The molecule has 1 aliphatic rings. The molecule has 1 aliphatic carbocycles. The second-order valence-corrected chi connectivity index (χ2v) is 10.8. The van der Waals surface area contributed by atoms with E-state index in [4.69, 9.17) is 0 Å². The van der Waals surface area contributed by atoms with Gasteiger partial charge in [0.05, 0.1) is 41.1 Å². The van der Waals surface area contributed by atoms with Crippen LogP contribution in [0.1, 0.15) is 54.5 Å². The second-order valence-electron chi connectivity index (χ2n) is 9.44. The summed E-state index contributed by atoms with van der Waals surface area (Å²) in [5.74, 6) is 0.0748. The Labute approximate surface area is 224 Å². The number of nitrogens with zero attached hydrogens (tertiary/aromatic N) is 7. The zero-order valence-electron chi connectivity index (χ0n) is 21.6. The quantitative estimate of drug-likeness (QED) is 0.334. The highest BCUT2D eigenvalue weighted by atomic mass is 32.2. The van der Waals surface area contributed by atoms with Crippen molar-refractivity contribution in [2.45, 2.75) is 63.2 Å². The van der Waals surface area contributed by atoms with Gasteiger partial charge in [0.25, 0.3) is 5.56 Å². The Morgan fingerprint density at radius 2 is 1.87 bits per heavy atom. The summed E-state index contributed by atoms with van der Waals surface area (Å²) >= 11 is -1.21. The summed E-state index contributed by atoms with van der Waals surface area (Å²) in [6.45, 7) is 4.28. The highest BCUT2D eigenvalue weighted by Gasteiger charge is 2.40. The fourth-order valence-corrected chi connectivity index (χ4v) is 4.71. The molecule has 0 amide bonds. The van der Waals surface area contributed by atoms with Gasteiger partial charge >= 0.3 is 6.18 Å². The van der Waals surface area contributed by atoms with Crippen molar-refractivity contribution in [1.29, 1.82) is 0 Å². The van der Waals surface area contributed by atoms with E-state index in [1.54, 1.807) is 26.0 Å². The standard InChI is InChI=1S/C25H25F3N8O2S/c1-12-18(20(15-5-6-15)32-11-31-12)21-33-13(2)19-23(35-21)36(14(3)25(26,27)28)24(37)22(34-19)30-9-16-7-8-17(10-29-16)39(4)38/h7-8,10-11,14-15H,5-6,9H2,1-4H3,(H,30,34)/t14-,39?/m0/s1. The number of hydrogen-bond acceptors (Lipinski definition) is 9. The fraction of sp³-hybridized carbons (Fsp3) is 0.400. The van der Waals surface area contributed by atoms with Gasteiger partial charge in [-0.05, 0) is 56.9 Å². The Hall–Kier alpha value is -3.65. The van der Waals surface area contributed by atoms with E-state index in [-0.39, 0.29) is 35.3 Å². The molecule has 0 bridgehead atoms. The first-order valence-corrected chi connectivity index (χ1v) is 13.7. The topological polar surface area (TPSA) is 134 Å². The normalized spacial score (nSPS) is 15.4. The van der Waals surface area contributed by atoms with Crippen LogP contribution < -0.4 is 10.9 Å². The molecule has 4 aromatic rings. The van der Waals surface area contributed by atoms with Crippen LogP contribution in [-0.2, 0) is 17.7 Å². The van der Waals surface area contributed by atoms with Crippen molar-refractivity contribution < 1.29 is 17.7 Å². The zero-order valence-corrected chi connectivity index (χ0v) is 22.4. The maximum Gasteiger partial charge on any atom is 0.409 e. The summed E-state index contributed by atoms with van der Waals surface area (Å²) in [6, 6.07) is 1.05. The maximum absolute atomic E-state index is 14.0. The molecular formula is C25H25F3N8O2S. The lowest BCUT2D eigenvalue weighted by atomic mass is 10.1. The van der Waals surface area contributed by atoms with Crippen molar-refractivity contribution in [3.63, 3.8) is 0 Å². The first-order valence-electron chi connectivity index (χ1n) is 12.2. The van der Waals surface area contributed by atoms with Crippen LogP contribution in [0.5, 0.6) is 0 Å². The summed E-state index contributed by atoms with van der Waals surface area (Å²) in [4.78, 5) is 40.2.